The maximum atomic E-state index is 11.7. The van der Waals surface area contributed by atoms with E-state index in [0.29, 0.717) is 43.6 Å². The van der Waals surface area contributed by atoms with Gasteiger partial charge in [-0.1, -0.05) is 24.3 Å². The number of morpholine rings is 1. The zero-order valence-corrected chi connectivity index (χ0v) is 14.9. The second-order valence-corrected chi connectivity index (χ2v) is 8.21. The summed E-state index contributed by atoms with van der Waals surface area (Å²) in [5.74, 6) is 1.06. The molecule has 1 aliphatic rings. The first kappa shape index (κ1) is 17.8. The largest absolute Gasteiger partial charge is 0.392 e. The lowest BCUT2D eigenvalue weighted by Gasteiger charge is -2.28. The van der Waals surface area contributed by atoms with E-state index < -0.39 is 9.84 Å². The number of anilines is 1. The van der Waals surface area contributed by atoms with Crippen LogP contribution < -0.4 is 4.90 Å². The summed E-state index contributed by atoms with van der Waals surface area (Å²) in [6.07, 6.45) is 1.19. The molecule has 134 valence electrons. The molecule has 1 aromatic heterocycles. The van der Waals surface area contributed by atoms with Crippen molar-refractivity contribution in [2.45, 2.75) is 12.4 Å². The number of ether oxygens (including phenoxy) is 1. The van der Waals surface area contributed by atoms with Gasteiger partial charge < -0.3 is 14.7 Å². The molecule has 1 N–H and O–H groups in total. The fourth-order valence-corrected chi connectivity index (χ4v) is 3.35. The van der Waals surface area contributed by atoms with E-state index in [9.17, 15) is 8.42 Å². The minimum absolute atomic E-state index is 0.0334. The van der Waals surface area contributed by atoms with Crippen LogP contribution in [0, 0.1) is 0 Å². The summed E-state index contributed by atoms with van der Waals surface area (Å²) in [4.78, 5) is 11.1. The van der Waals surface area contributed by atoms with Crippen LogP contribution in [0.3, 0.4) is 0 Å². The normalized spacial score (nSPS) is 15.4. The second-order valence-electron chi connectivity index (χ2n) is 6.07. The Bertz CT molecular complexity index is 831. The third-order valence-corrected chi connectivity index (χ3v) is 4.73. The maximum absolute atomic E-state index is 11.7. The molecule has 0 spiro atoms. The molecule has 0 aliphatic carbocycles. The summed E-state index contributed by atoms with van der Waals surface area (Å²) >= 11 is 0. The average Bonchev–Trinajstić information content (AvgIpc) is 2.61. The zero-order chi connectivity index (χ0) is 17.9. The molecule has 8 heteroatoms. The highest BCUT2D eigenvalue weighted by Gasteiger charge is 2.17. The molecule has 3 rings (SSSR count). The molecule has 2 heterocycles. The number of rotatable bonds is 5. The summed E-state index contributed by atoms with van der Waals surface area (Å²) in [5, 5.41) is 9.17. The summed E-state index contributed by atoms with van der Waals surface area (Å²) in [5.41, 5.74) is 2.05. The van der Waals surface area contributed by atoms with Gasteiger partial charge in [-0.15, -0.1) is 0 Å². The molecular weight excluding hydrogens is 342 g/mol. The molecule has 0 radical (unpaired) electrons. The summed E-state index contributed by atoms with van der Waals surface area (Å²) in [6, 6.07) is 8.99. The van der Waals surface area contributed by atoms with Crippen molar-refractivity contribution < 1.29 is 18.3 Å². The quantitative estimate of drug-likeness (QED) is 0.848. The van der Waals surface area contributed by atoms with E-state index in [-0.39, 0.29) is 12.4 Å². The van der Waals surface area contributed by atoms with Gasteiger partial charge in [0.1, 0.15) is 5.82 Å². The van der Waals surface area contributed by atoms with Crippen LogP contribution in [-0.2, 0) is 26.9 Å². The number of aliphatic hydroxyl groups excluding tert-OH is 1. The third-order valence-electron chi connectivity index (χ3n) is 3.91. The Morgan fingerprint density at radius 1 is 1.16 bits per heavy atom. The molecule has 1 aliphatic heterocycles. The highest BCUT2D eigenvalue weighted by Crippen LogP contribution is 2.22. The van der Waals surface area contributed by atoms with E-state index in [2.05, 4.69) is 14.9 Å². The van der Waals surface area contributed by atoms with Gasteiger partial charge in [-0.2, -0.15) is 0 Å². The van der Waals surface area contributed by atoms with Crippen molar-refractivity contribution in [3.8, 4) is 11.4 Å². The summed E-state index contributed by atoms with van der Waals surface area (Å²) in [7, 11) is -3.20. The minimum atomic E-state index is -3.20. The Morgan fingerprint density at radius 3 is 2.44 bits per heavy atom. The zero-order valence-electron chi connectivity index (χ0n) is 14.1. The van der Waals surface area contributed by atoms with Gasteiger partial charge in [-0.3, -0.25) is 0 Å². The molecule has 25 heavy (non-hydrogen) atoms. The monoisotopic (exact) mass is 363 g/mol. The maximum Gasteiger partial charge on any atom is 0.161 e. The van der Waals surface area contributed by atoms with Crippen LogP contribution in [0.5, 0.6) is 0 Å². The highest BCUT2D eigenvalue weighted by molar-refractivity contribution is 7.89. The average molecular weight is 363 g/mol. The molecular formula is C17H21N3O4S. The number of aromatic nitrogens is 2. The van der Waals surface area contributed by atoms with Crippen LogP contribution in [0.1, 0.15) is 11.3 Å². The van der Waals surface area contributed by atoms with Crippen molar-refractivity contribution in [2.24, 2.45) is 0 Å². The Balaban J connectivity index is 2.01. The van der Waals surface area contributed by atoms with Crippen molar-refractivity contribution in [1.82, 2.24) is 9.97 Å². The summed E-state index contributed by atoms with van der Waals surface area (Å²) < 4.78 is 28.8. The SMILES string of the molecule is CS(=O)(=O)Cc1cc(N2CCOCC2)nc(-c2ccc(CO)cc2)n1. The highest BCUT2D eigenvalue weighted by atomic mass is 32.2. The van der Waals surface area contributed by atoms with Crippen LogP contribution in [-0.4, -0.2) is 56.1 Å². The number of aliphatic hydroxyl groups is 1. The Morgan fingerprint density at radius 2 is 1.84 bits per heavy atom. The van der Waals surface area contributed by atoms with Crippen molar-refractivity contribution in [1.29, 1.82) is 0 Å². The first-order chi connectivity index (χ1) is 11.9. The fourth-order valence-electron chi connectivity index (χ4n) is 2.67. The first-order valence-electron chi connectivity index (χ1n) is 8.03. The molecule has 1 saturated heterocycles. The lowest BCUT2D eigenvalue weighted by molar-refractivity contribution is 0.122. The lowest BCUT2D eigenvalue weighted by Crippen LogP contribution is -2.37. The molecule has 0 saturated carbocycles. The number of nitrogens with zero attached hydrogens (tertiary/aromatic N) is 3. The molecule has 0 atom stereocenters. The standard InChI is InChI=1S/C17H21N3O4S/c1-25(22,23)12-15-10-16(20-6-8-24-9-7-20)19-17(18-15)14-4-2-13(11-21)3-5-14/h2-5,10,21H,6-9,11-12H2,1H3. The van der Waals surface area contributed by atoms with Crippen LogP contribution >= 0.6 is 0 Å². The molecule has 0 amide bonds. The van der Waals surface area contributed by atoms with Gasteiger partial charge in [0.2, 0.25) is 0 Å². The molecule has 1 fully saturated rings. The van der Waals surface area contributed by atoms with E-state index in [1.807, 2.05) is 12.1 Å². The third kappa shape index (κ3) is 4.75. The number of hydrogen-bond acceptors (Lipinski definition) is 7. The van der Waals surface area contributed by atoms with Crippen molar-refractivity contribution in [2.75, 3.05) is 37.5 Å². The lowest BCUT2D eigenvalue weighted by atomic mass is 10.1. The number of sulfone groups is 1. The second kappa shape index (κ2) is 7.47. The Labute approximate surface area is 147 Å². The van der Waals surface area contributed by atoms with Gasteiger partial charge in [0.05, 0.1) is 31.3 Å². The van der Waals surface area contributed by atoms with Gasteiger partial charge in [-0.25, -0.2) is 18.4 Å². The van der Waals surface area contributed by atoms with Crippen LogP contribution in [0.2, 0.25) is 0 Å². The molecule has 7 nitrogen and oxygen atoms in total. The predicted molar refractivity (Wildman–Crippen MR) is 95.0 cm³/mol. The fraction of sp³-hybridized carbons (Fsp3) is 0.412. The van der Waals surface area contributed by atoms with Crippen molar-refractivity contribution in [3.05, 3.63) is 41.6 Å². The summed E-state index contributed by atoms with van der Waals surface area (Å²) in [6.45, 7) is 2.61. The van der Waals surface area contributed by atoms with Crippen LogP contribution in [0.15, 0.2) is 30.3 Å². The molecule has 2 aromatic rings. The van der Waals surface area contributed by atoms with Gasteiger partial charge in [0.15, 0.2) is 15.7 Å². The molecule has 1 aromatic carbocycles. The van der Waals surface area contributed by atoms with Gasteiger partial charge >= 0.3 is 0 Å². The van der Waals surface area contributed by atoms with Gasteiger partial charge in [-0.05, 0) is 5.56 Å². The smallest absolute Gasteiger partial charge is 0.161 e. The first-order valence-corrected chi connectivity index (χ1v) is 10.1. The van der Waals surface area contributed by atoms with Crippen LogP contribution in [0.25, 0.3) is 11.4 Å². The Kier molecular flexibility index (Phi) is 5.31. The van der Waals surface area contributed by atoms with E-state index in [0.717, 1.165) is 11.1 Å². The van der Waals surface area contributed by atoms with E-state index in [1.54, 1.807) is 18.2 Å². The molecule has 0 bridgehead atoms. The van der Waals surface area contributed by atoms with Gasteiger partial charge in [0.25, 0.3) is 0 Å². The number of hydrogen-bond donors (Lipinski definition) is 1. The van der Waals surface area contributed by atoms with E-state index in [4.69, 9.17) is 9.84 Å². The minimum Gasteiger partial charge on any atom is -0.392 e. The number of benzene rings is 1. The van der Waals surface area contributed by atoms with E-state index >= 15 is 0 Å². The molecule has 0 unspecified atom stereocenters. The van der Waals surface area contributed by atoms with E-state index in [1.165, 1.54) is 6.26 Å². The topological polar surface area (TPSA) is 92.6 Å². The van der Waals surface area contributed by atoms with Crippen molar-refractivity contribution >= 4 is 15.7 Å². The Hall–Kier alpha value is -2.03. The predicted octanol–water partition coefficient (Wildman–Crippen LogP) is 1.02. The van der Waals surface area contributed by atoms with Crippen molar-refractivity contribution in [3.63, 3.8) is 0 Å². The van der Waals surface area contributed by atoms with Crippen LogP contribution in [0.4, 0.5) is 5.82 Å². The van der Waals surface area contributed by atoms with Gasteiger partial charge in [0, 0.05) is 31.0 Å².